The van der Waals surface area contributed by atoms with Crippen LogP contribution in [0.25, 0.3) is 0 Å². The number of benzene rings is 2. The van der Waals surface area contributed by atoms with Crippen molar-refractivity contribution < 1.29 is 17.6 Å². The molecule has 1 heterocycles. The zero-order valence-electron chi connectivity index (χ0n) is 17.9. The fraction of sp³-hybridized carbons (Fsp3) is 0.435. The lowest BCUT2D eigenvalue weighted by Gasteiger charge is -2.22. The van der Waals surface area contributed by atoms with Gasteiger partial charge < -0.3 is 5.32 Å². The quantitative estimate of drug-likeness (QED) is 0.607. The van der Waals surface area contributed by atoms with Crippen molar-refractivity contribution in [3.05, 3.63) is 65.5 Å². The lowest BCUT2D eigenvalue weighted by Crippen LogP contribution is -2.32. The highest BCUT2D eigenvalue weighted by molar-refractivity contribution is 7.92. The van der Waals surface area contributed by atoms with Gasteiger partial charge in [-0.2, -0.15) is 0 Å². The molecule has 0 aromatic heterocycles. The monoisotopic (exact) mass is 447 g/mol. The van der Waals surface area contributed by atoms with Crippen LogP contribution in [0.2, 0.25) is 0 Å². The lowest BCUT2D eigenvalue weighted by molar-refractivity contribution is -0.121. The first-order valence-corrected chi connectivity index (χ1v) is 12.5. The Balaban J connectivity index is 1.46. The number of nitrogens with zero attached hydrogens (tertiary/aromatic N) is 2. The Labute approximate surface area is 184 Å². The number of hydrogen-bond donors (Lipinski definition) is 1. The molecule has 168 valence electrons. The van der Waals surface area contributed by atoms with Gasteiger partial charge in [0.25, 0.3) is 0 Å². The molecule has 1 saturated heterocycles. The van der Waals surface area contributed by atoms with E-state index in [1.807, 2.05) is 12.1 Å². The summed E-state index contributed by atoms with van der Waals surface area (Å²) in [5.74, 6) is -0.557. The van der Waals surface area contributed by atoms with E-state index in [1.54, 1.807) is 0 Å². The second-order valence-corrected chi connectivity index (χ2v) is 9.90. The number of carbonyl (C=O) groups excluding carboxylic acids is 1. The van der Waals surface area contributed by atoms with Crippen molar-refractivity contribution in [1.29, 1.82) is 0 Å². The summed E-state index contributed by atoms with van der Waals surface area (Å²) in [5.41, 5.74) is 2.69. The molecule has 0 aliphatic carbocycles. The fourth-order valence-electron chi connectivity index (χ4n) is 3.80. The normalized spacial score (nSPS) is 14.5. The van der Waals surface area contributed by atoms with Crippen LogP contribution >= 0.6 is 0 Å². The van der Waals surface area contributed by atoms with Gasteiger partial charge in [-0.25, -0.2) is 12.8 Å². The average molecular weight is 448 g/mol. The second-order valence-electron chi connectivity index (χ2n) is 8.00. The number of halogens is 1. The number of likely N-dealkylation sites (tertiary alicyclic amines) is 1. The zero-order valence-corrected chi connectivity index (χ0v) is 18.7. The number of nitrogens with one attached hydrogen (secondary N) is 1. The Kier molecular flexibility index (Phi) is 8.03. The van der Waals surface area contributed by atoms with Crippen LogP contribution in [-0.4, -0.2) is 45.1 Å². The molecule has 1 fully saturated rings. The van der Waals surface area contributed by atoms with Gasteiger partial charge >= 0.3 is 0 Å². The number of anilines is 1. The predicted octanol–water partition coefficient (Wildman–Crippen LogP) is 3.28. The van der Waals surface area contributed by atoms with E-state index in [0.29, 0.717) is 18.7 Å². The summed E-state index contributed by atoms with van der Waals surface area (Å²) in [7, 11) is -3.52. The zero-order chi connectivity index (χ0) is 22.3. The van der Waals surface area contributed by atoms with E-state index in [1.165, 1.54) is 47.0 Å². The van der Waals surface area contributed by atoms with Crippen LogP contribution in [0.1, 0.15) is 36.8 Å². The summed E-state index contributed by atoms with van der Waals surface area (Å²) in [4.78, 5) is 14.7. The van der Waals surface area contributed by atoms with Crippen LogP contribution in [0.15, 0.2) is 48.5 Å². The molecule has 3 rings (SSSR count). The van der Waals surface area contributed by atoms with Gasteiger partial charge in [0.15, 0.2) is 0 Å². The molecule has 2 aromatic carbocycles. The number of rotatable bonds is 10. The third kappa shape index (κ3) is 7.33. The van der Waals surface area contributed by atoms with Gasteiger partial charge in [-0.05, 0) is 67.7 Å². The van der Waals surface area contributed by atoms with Crippen molar-refractivity contribution in [3.8, 4) is 0 Å². The highest BCUT2D eigenvalue weighted by Gasteiger charge is 2.17. The first kappa shape index (κ1) is 23.2. The van der Waals surface area contributed by atoms with Crippen molar-refractivity contribution >= 4 is 21.6 Å². The molecule has 0 saturated carbocycles. The van der Waals surface area contributed by atoms with Gasteiger partial charge in [0.05, 0.1) is 11.9 Å². The van der Waals surface area contributed by atoms with Crippen LogP contribution in [0.3, 0.4) is 0 Å². The van der Waals surface area contributed by atoms with Crippen molar-refractivity contribution in [2.45, 2.75) is 38.8 Å². The van der Waals surface area contributed by atoms with Crippen LogP contribution in [0.5, 0.6) is 0 Å². The molecule has 1 aliphatic heterocycles. The first-order valence-electron chi connectivity index (χ1n) is 10.6. The molecule has 2 aromatic rings. The third-order valence-corrected chi connectivity index (χ3v) is 6.56. The van der Waals surface area contributed by atoms with E-state index in [-0.39, 0.29) is 18.9 Å². The van der Waals surface area contributed by atoms with Gasteiger partial charge in [-0.15, -0.1) is 0 Å². The van der Waals surface area contributed by atoms with Gasteiger partial charge in [0.1, 0.15) is 5.82 Å². The molecule has 0 spiro atoms. The van der Waals surface area contributed by atoms with Crippen LogP contribution < -0.4 is 9.62 Å². The van der Waals surface area contributed by atoms with Gasteiger partial charge in [0.2, 0.25) is 15.9 Å². The summed E-state index contributed by atoms with van der Waals surface area (Å²) < 4.78 is 38.5. The number of amides is 1. The van der Waals surface area contributed by atoms with Crippen LogP contribution in [0.4, 0.5) is 10.1 Å². The first-order chi connectivity index (χ1) is 14.8. The van der Waals surface area contributed by atoms with Gasteiger partial charge in [0, 0.05) is 26.1 Å². The van der Waals surface area contributed by atoms with E-state index in [9.17, 15) is 17.6 Å². The van der Waals surface area contributed by atoms with Gasteiger partial charge in [-0.3, -0.25) is 14.0 Å². The van der Waals surface area contributed by atoms with E-state index in [4.69, 9.17) is 0 Å². The Morgan fingerprint density at radius 1 is 1.10 bits per heavy atom. The molecule has 1 N–H and O–H groups in total. The maximum absolute atomic E-state index is 13.1. The van der Waals surface area contributed by atoms with Crippen molar-refractivity contribution in [3.63, 3.8) is 0 Å². The van der Waals surface area contributed by atoms with Gasteiger partial charge in [-0.1, -0.05) is 24.3 Å². The maximum Gasteiger partial charge on any atom is 0.232 e. The molecular weight excluding hydrogens is 417 g/mol. The van der Waals surface area contributed by atoms with Crippen molar-refractivity contribution in [1.82, 2.24) is 10.2 Å². The second kappa shape index (κ2) is 10.7. The van der Waals surface area contributed by atoms with E-state index >= 15 is 0 Å². The third-order valence-electron chi connectivity index (χ3n) is 5.37. The van der Waals surface area contributed by atoms with E-state index in [0.717, 1.165) is 31.5 Å². The average Bonchev–Trinajstić information content (AvgIpc) is 3.23. The lowest BCUT2D eigenvalue weighted by atomic mass is 10.1. The molecule has 0 atom stereocenters. The highest BCUT2D eigenvalue weighted by atomic mass is 32.2. The molecule has 1 aliphatic rings. The highest BCUT2D eigenvalue weighted by Crippen LogP contribution is 2.19. The molecule has 0 radical (unpaired) electrons. The minimum absolute atomic E-state index is 0.127. The predicted molar refractivity (Wildman–Crippen MR) is 121 cm³/mol. The molecule has 0 bridgehead atoms. The summed E-state index contributed by atoms with van der Waals surface area (Å²) in [6.45, 7) is 3.82. The summed E-state index contributed by atoms with van der Waals surface area (Å²) in [5, 5.41) is 2.91. The topological polar surface area (TPSA) is 69.7 Å². The minimum Gasteiger partial charge on any atom is -0.352 e. The van der Waals surface area contributed by atoms with Crippen molar-refractivity contribution in [2.75, 3.05) is 30.2 Å². The minimum atomic E-state index is -3.52. The number of sulfonamides is 1. The standard InChI is InChI=1S/C23H30FN3O3S/c1-31(29,30)27(22-11-9-21(24)10-12-22)15-5-8-23(28)25-17-19-6-4-7-20(16-19)18-26-13-2-3-14-26/h4,6-7,9-12,16H,2-3,5,8,13-15,17-18H2,1H3,(H,25,28). The van der Waals surface area contributed by atoms with Crippen LogP contribution in [0, 0.1) is 5.82 Å². The summed E-state index contributed by atoms with van der Waals surface area (Å²) in [6.07, 6.45) is 4.19. The molecule has 8 heteroatoms. The summed E-state index contributed by atoms with van der Waals surface area (Å²) in [6, 6.07) is 13.5. The smallest absolute Gasteiger partial charge is 0.232 e. The van der Waals surface area contributed by atoms with Crippen molar-refractivity contribution in [2.24, 2.45) is 0 Å². The number of hydrogen-bond acceptors (Lipinski definition) is 4. The molecule has 1 amide bonds. The largest absolute Gasteiger partial charge is 0.352 e. The molecular formula is C23H30FN3O3S. The molecule has 6 nitrogen and oxygen atoms in total. The fourth-order valence-corrected chi connectivity index (χ4v) is 4.77. The summed E-state index contributed by atoms with van der Waals surface area (Å²) >= 11 is 0. The Morgan fingerprint density at radius 2 is 1.77 bits per heavy atom. The van der Waals surface area contributed by atoms with Crippen LogP contribution in [-0.2, 0) is 27.9 Å². The van der Waals surface area contributed by atoms with E-state index in [2.05, 4.69) is 22.3 Å². The maximum atomic E-state index is 13.1. The Morgan fingerprint density at radius 3 is 2.45 bits per heavy atom. The Hall–Kier alpha value is -2.45. The molecule has 31 heavy (non-hydrogen) atoms. The SMILES string of the molecule is CS(=O)(=O)N(CCCC(=O)NCc1cccc(CN2CCCC2)c1)c1ccc(F)cc1. The molecule has 0 unspecified atom stereocenters. The van der Waals surface area contributed by atoms with E-state index < -0.39 is 15.8 Å². The number of carbonyl (C=O) groups is 1. The Bertz CT molecular complexity index is 974.